The molecule has 0 saturated carbocycles. The lowest BCUT2D eigenvalue weighted by atomic mass is 9.96. The number of thiazole rings is 1. The van der Waals surface area contributed by atoms with Gasteiger partial charge in [0.2, 0.25) is 0 Å². The van der Waals surface area contributed by atoms with Crippen LogP contribution in [0, 0.1) is 11.3 Å². The topological polar surface area (TPSA) is 93.7 Å². The van der Waals surface area contributed by atoms with Crippen LogP contribution in [0.15, 0.2) is 93.9 Å². The molecule has 40 heavy (non-hydrogen) atoms. The van der Waals surface area contributed by atoms with Crippen molar-refractivity contribution in [3.63, 3.8) is 0 Å². The minimum Gasteiger partial charge on any atom is -0.488 e. The largest absolute Gasteiger partial charge is 0.488 e. The molecule has 2 heterocycles. The van der Waals surface area contributed by atoms with Crippen LogP contribution in [-0.4, -0.2) is 17.1 Å². The van der Waals surface area contributed by atoms with Gasteiger partial charge < -0.3 is 9.47 Å². The summed E-state index contributed by atoms with van der Waals surface area (Å²) in [5.74, 6) is 0.0632. The lowest BCUT2D eigenvalue weighted by Gasteiger charge is -2.25. The molecular formula is C31H24ClN3O4S. The fraction of sp³-hybridized carbons (Fsp3) is 0.161. The van der Waals surface area contributed by atoms with E-state index in [0.717, 1.165) is 11.1 Å². The first-order chi connectivity index (χ1) is 19.4. The summed E-state index contributed by atoms with van der Waals surface area (Å²) in [4.78, 5) is 32.0. The molecule has 1 atom stereocenters. The monoisotopic (exact) mass is 569 g/mol. The third-order valence-electron chi connectivity index (χ3n) is 6.40. The molecule has 5 rings (SSSR count). The fourth-order valence-corrected chi connectivity index (χ4v) is 5.77. The predicted octanol–water partition coefficient (Wildman–Crippen LogP) is 4.90. The van der Waals surface area contributed by atoms with Crippen molar-refractivity contribution in [3.8, 4) is 11.8 Å². The number of carbonyl (C=O) groups excluding carboxylic acids is 1. The number of nitrogens with zero attached hydrogens (tertiary/aromatic N) is 3. The van der Waals surface area contributed by atoms with Gasteiger partial charge in [0.15, 0.2) is 4.80 Å². The molecule has 0 radical (unpaired) electrons. The number of allylic oxidation sites excluding steroid dienone is 1. The Morgan fingerprint density at radius 1 is 1.12 bits per heavy atom. The van der Waals surface area contributed by atoms with Crippen LogP contribution in [0.3, 0.4) is 0 Å². The molecule has 0 saturated heterocycles. The molecule has 0 N–H and O–H groups in total. The Morgan fingerprint density at radius 3 is 2.58 bits per heavy atom. The van der Waals surface area contributed by atoms with Crippen LogP contribution in [0.1, 0.15) is 42.1 Å². The van der Waals surface area contributed by atoms with Gasteiger partial charge in [0.25, 0.3) is 5.56 Å². The van der Waals surface area contributed by atoms with Crippen LogP contribution in [0.5, 0.6) is 5.75 Å². The second-order valence-corrected chi connectivity index (χ2v) is 10.4. The summed E-state index contributed by atoms with van der Waals surface area (Å²) in [6, 6.07) is 23.1. The number of carbonyl (C=O) groups is 1. The summed E-state index contributed by atoms with van der Waals surface area (Å²) in [7, 11) is 0. The normalized spacial score (nSPS) is 14.8. The lowest BCUT2D eigenvalue weighted by Crippen LogP contribution is -2.40. The third kappa shape index (κ3) is 5.34. The third-order valence-corrected chi connectivity index (χ3v) is 7.73. The van der Waals surface area contributed by atoms with Crippen LogP contribution in [0.2, 0.25) is 5.02 Å². The van der Waals surface area contributed by atoms with E-state index < -0.39 is 12.0 Å². The molecule has 0 spiro atoms. The Bertz CT molecular complexity index is 1850. The zero-order chi connectivity index (χ0) is 28.2. The van der Waals surface area contributed by atoms with Crippen LogP contribution in [-0.2, 0) is 16.1 Å². The molecule has 3 aromatic carbocycles. The zero-order valence-electron chi connectivity index (χ0n) is 21.8. The number of fused-ring (bicyclic) bond motifs is 1. The highest BCUT2D eigenvalue weighted by Crippen LogP contribution is 2.34. The van der Waals surface area contributed by atoms with E-state index in [1.165, 1.54) is 15.9 Å². The number of hydrogen-bond acceptors (Lipinski definition) is 7. The first-order valence-electron chi connectivity index (χ1n) is 12.6. The van der Waals surface area contributed by atoms with Gasteiger partial charge in [-0.3, -0.25) is 9.36 Å². The molecule has 0 amide bonds. The number of esters is 1. The number of para-hydroxylation sites is 1. The van der Waals surface area contributed by atoms with Crippen molar-refractivity contribution < 1.29 is 14.3 Å². The van der Waals surface area contributed by atoms with E-state index in [1.807, 2.05) is 42.5 Å². The Kier molecular flexibility index (Phi) is 7.96. The van der Waals surface area contributed by atoms with Gasteiger partial charge in [-0.25, -0.2) is 9.79 Å². The average molecular weight is 570 g/mol. The summed E-state index contributed by atoms with van der Waals surface area (Å²) >= 11 is 7.81. The molecule has 4 aromatic rings. The van der Waals surface area contributed by atoms with E-state index in [-0.39, 0.29) is 17.7 Å². The first-order valence-corrected chi connectivity index (χ1v) is 13.8. The van der Waals surface area contributed by atoms with Crippen molar-refractivity contribution in [1.82, 2.24) is 4.57 Å². The first kappa shape index (κ1) is 27.1. The average Bonchev–Trinajstić information content (AvgIpc) is 3.26. The maximum Gasteiger partial charge on any atom is 0.338 e. The molecule has 9 heteroatoms. The van der Waals surface area contributed by atoms with Crippen LogP contribution in [0.25, 0.3) is 6.08 Å². The van der Waals surface area contributed by atoms with Gasteiger partial charge in [-0.2, -0.15) is 5.26 Å². The lowest BCUT2D eigenvalue weighted by molar-refractivity contribution is -0.139. The molecule has 1 aliphatic heterocycles. The maximum atomic E-state index is 13.9. The number of nitriles is 1. The Morgan fingerprint density at radius 2 is 1.85 bits per heavy atom. The van der Waals surface area contributed by atoms with Crippen molar-refractivity contribution in [2.24, 2.45) is 4.99 Å². The van der Waals surface area contributed by atoms with Gasteiger partial charge in [-0.15, -0.1) is 0 Å². The van der Waals surface area contributed by atoms with Gasteiger partial charge in [-0.1, -0.05) is 71.5 Å². The zero-order valence-corrected chi connectivity index (χ0v) is 23.3. The molecule has 0 fully saturated rings. The molecule has 1 aliphatic rings. The SMILES string of the molecule is CCOC(=O)C1=C(C)N=c2s/c(=C\c3ccccc3OCc3ccc(C#N)cc3)c(=O)n2[C@@H]1c1ccccc1Cl. The maximum absolute atomic E-state index is 13.9. The molecular weight excluding hydrogens is 546 g/mol. The molecule has 7 nitrogen and oxygen atoms in total. The van der Waals surface area contributed by atoms with E-state index >= 15 is 0 Å². The minimum atomic E-state index is -0.783. The van der Waals surface area contributed by atoms with Gasteiger partial charge in [-0.05, 0) is 55.3 Å². The van der Waals surface area contributed by atoms with Crippen LogP contribution >= 0.6 is 22.9 Å². The second kappa shape index (κ2) is 11.7. The number of ether oxygens (including phenoxy) is 2. The number of halogens is 1. The summed E-state index contributed by atoms with van der Waals surface area (Å²) in [5.41, 5.74) is 3.27. The Labute approximate surface area is 239 Å². The highest BCUT2D eigenvalue weighted by Gasteiger charge is 2.34. The standard InChI is InChI=1S/C31H24ClN3O4S/c1-3-38-30(37)27-19(2)34-31-35(28(27)23-9-5-6-10-24(23)32)29(36)26(40-31)16-22-8-4-7-11-25(22)39-18-21-14-12-20(17-33)13-15-21/h4-16,28H,3,18H2,1-2H3/b26-16-/t28-/m1/s1. The van der Waals surface area contributed by atoms with E-state index in [1.54, 1.807) is 50.3 Å². The highest BCUT2D eigenvalue weighted by atomic mass is 35.5. The number of aromatic nitrogens is 1. The van der Waals surface area contributed by atoms with E-state index in [4.69, 9.17) is 26.3 Å². The summed E-state index contributed by atoms with van der Waals surface area (Å²) in [6.45, 7) is 3.95. The van der Waals surface area contributed by atoms with Gasteiger partial charge in [0.05, 0.1) is 34.0 Å². The van der Waals surface area contributed by atoms with E-state index in [9.17, 15) is 9.59 Å². The van der Waals surface area contributed by atoms with Crippen molar-refractivity contribution in [2.45, 2.75) is 26.5 Å². The Balaban J connectivity index is 1.58. The molecule has 0 unspecified atom stereocenters. The number of hydrogen-bond donors (Lipinski definition) is 0. The fourth-order valence-electron chi connectivity index (χ4n) is 4.49. The summed E-state index contributed by atoms with van der Waals surface area (Å²) in [5, 5.41) is 9.45. The highest BCUT2D eigenvalue weighted by molar-refractivity contribution is 7.07. The second-order valence-electron chi connectivity index (χ2n) is 8.96. The van der Waals surface area contributed by atoms with E-state index in [0.29, 0.717) is 43.5 Å². The molecule has 0 bridgehead atoms. The number of benzene rings is 3. The van der Waals surface area contributed by atoms with Crippen molar-refractivity contribution in [1.29, 1.82) is 5.26 Å². The number of rotatable bonds is 7. The summed E-state index contributed by atoms with van der Waals surface area (Å²) < 4.78 is 13.4. The summed E-state index contributed by atoms with van der Waals surface area (Å²) in [6.07, 6.45) is 1.77. The van der Waals surface area contributed by atoms with E-state index in [2.05, 4.69) is 11.1 Å². The van der Waals surface area contributed by atoms with Crippen LogP contribution < -0.4 is 19.6 Å². The smallest absolute Gasteiger partial charge is 0.338 e. The van der Waals surface area contributed by atoms with Crippen molar-refractivity contribution in [3.05, 3.63) is 131 Å². The quantitative estimate of drug-likeness (QED) is 0.295. The van der Waals surface area contributed by atoms with Crippen LogP contribution in [0.4, 0.5) is 0 Å². The van der Waals surface area contributed by atoms with Crippen molar-refractivity contribution in [2.75, 3.05) is 6.61 Å². The van der Waals surface area contributed by atoms with Gasteiger partial charge in [0, 0.05) is 10.6 Å². The predicted molar refractivity (Wildman–Crippen MR) is 154 cm³/mol. The molecule has 1 aromatic heterocycles. The van der Waals surface area contributed by atoms with Crippen molar-refractivity contribution >= 4 is 35.0 Å². The molecule has 200 valence electrons. The minimum absolute atomic E-state index is 0.189. The Hall–Kier alpha value is -4.45. The molecule has 0 aliphatic carbocycles. The van der Waals surface area contributed by atoms with Gasteiger partial charge >= 0.3 is 5.97 Å². The van der Waals surface area contributed by atoms with Gasteiger partial charge in [0.1, 0.15) is 18.4 Å².